The van der Waals surface area contributed by atoms with Gasteiger partial charge in [-0.25, -0.2) is 0 Å². The lowest BCUT2D eigenvalue weighted by atomic mass is 9.88. The molecule has 1 aliphatic heterocycles. The molecule has 1 fully saturated rings. The molecule has 0 aliphatic carbocycles. The summed E-state index contributed by atoms with van der Waals surface area (Å²) in [5.74, 6) is 2.79. The number of hydrogen-bond donors (Lipinski definition) is 1. The molecule has 1 saturated heterocycles. The summed E-state index contributed by atoms with van der Waals surface area (Å²) in [6.07, 6.45) is 4.98. The molecule has 2 heterocycles. The first-order chi connectivity index (χ1) is 12.6. The monoisotopic (exact) mass is 357 g/mol. The van der Waals surface area contributed by atoms with Crippen molar-refractivity contribution in [2.45, 2.75) is 44.6 Å². The third-order valence-corrected chi connectivity index (χ3v) is 5.24. The van der Waals surface area contributed by atoms with Crippen molar-refractivity contribution in [1.82, 2.24) is 5.32 Å². The van der Waals surface area contributed by atoms with Crippen LogP contribution in [0, 0.1) is 5.92 Å². The van der Waals surface area contributed by atoms with Gasteiger partial charge in [0.25, 0.3) is 0 Å². The number of ether oxygens (including phenoxy) is 2. The molecule has 1 aromatic carbocycles. The Morgan fingerprint density at radius 2 is 2.08 bits per heavy atom. The van der Waals surface area contributed by atoms with E-state index in [4.69, 9.17) is 13.9 Å². The SMILES string of the molecule is COc1ccccc1[C@@H](CCNC[C@H]1CCOC(C)(C)C1)c1ccco1. The Kier molecular flexibility index (Phi) is 6.38. The van der Waals surface area contributed by atoms with Gasteiger partial charge in [-0.15, -0.1) is 0 Å². The molecule has 4 nitrogen and oxygen atoms in total. The molecule has 2 atom stereocenters. The molecule has 0 amide bonds. The van der Waals surface area contributed by atoms with Crippen molar-refractivity contribution < 1.29 is 13.9 Å². The van der Waals surface area contributed by atoms with Crippen LogP contribution in [0.15, 0.2) is 47.1 Å². The minimum absolute atomic E-state index is 0.0126. The number of nitrogens with one attached hydrogen (secondary N) is 1. The van der Waals surface area contributed by atoms with Crippen LogP contribution in [-0.2, 0) is 4.74 Å². The molecule has 26 heavy (non-hydrogen) atoms. The van der Waals surface area contributed by atoms with Gasteiger partial charge in [-0.1, -0.05) is 18.2 Å². The largest absolute Gasteiger partial charge is 0.496 e. The molecule has 142 valence electrons. The van der Waals surface area contributed by atoms with E-state index in [1.807, 2.05) is 18.2 Å². The summed E-state index contributed by atoms with van der Waals surface area (Å²) in [6, 6.07) is 12.2. The number of hydrogen-bond acceptors (Lipinski definition) is 4. The van der Waals surface area contributed by atoms with Gasteiger partial charge < -0.3 is 19.2 Å². The zero-order valence-electron chi connectivity index (χ0n) is 16.2. The van der Waals surface area contributed by atoms with Crippen LogP contribution in [0.1, 0.15) is 50.4 Å². The number of para-hydroxylation sites is 1. The van der Waals surface area contributed by atoms with Gasteiger partial charge in [-0.05, 0) is 70.3 Å². The second-order valence-electron chi connectivity index (χ2n) is 7.77. The summed E-state index contributed by atoms with van der Waals surface area (Å²) < 4.78 is 17.1. The van der Waals surface area contributed by atoms with E-state index in [1.54, 1.807) is 13.4 Å². The molecule has 0 bridgehead atoms. The molecule has 0 saturated carbocycles. The molecule has 0 unspecified atom stereocenters. The first-order valence-electron chi connectivity index (χ1n) is 9.60. The molecule has 0 spiro atoms. The van der Waals surface area contributed by atoms with Gasteiger partial charge in [0, 0.05) is 18.1 Å². The molecule has 1 aromatic heterocycles. The third-order valence-electron chi connectivity index (χ3n) is 5.24. The van der Waals surface area contributed by atoms with Crippen LogP contribution in [-0.4, -0.2) is 32.4 Å². The second kappa shape index (κ2) is 8.74. The van der Waals surface area contributed by atoms with Crippen molar-refractivity contribution in [2.24, 2.45) is 5.92 Å². The fourth-order valence-electron chi connectivity index (χ4n) is 3.98. The van der Waals surface area contributed by atoms with Crippen molar-refractivity contribution >= 4 is 0 Å². The minimum atomic E-state index is 0.0126. The smallest absolute Gasteiger partial charge is 0.122 e. The molecular formula is C22H31NO3. The number of rotatable bonds is 8. The summed E-state index contributed by atoms with van der Waals surface area (Å²) >= 11 is 0. The van der Waals surface area contributed by atoms with E-state index in [0.29, 0.717) is 5.92 Å². The Morgan fingerprint density at radius 3 is 2.81 bits per heavy atom. The summed E-state index contributed by atoms with van der Waals surface area (Å²) in [4.78, 5) is 0. The van der Waals surface area contributed by atoms with Crippen LogP contribution < -0.4 is 10.1 Å². The van der Waals surface area contributed by atoms with Gasteiger partial charge >= 0.3 is 0 Å². The molecule has 0 radical (unpaired) electrons. The van der Waals surface area contributed by atoms with E-state index in [1.165, 1.54) is 5.56 Å². The van der Waals surface area contributed by atoms with Gasteiger partial charge in [0.05, 0.1) is 19.0 Å². The topological polar surface area (TPSA) is 43.6 Å². The normalized spacial score (nSPS) is 20.7. The van der Waals surface area contributed by atoms with Crippen LogP contribution in [0.5, 0.6) is 5.75 Å². The zero-order chi connectivity index (χ0) is 18.4. The fraction of sp³-hybridized carbons (Fsp3) is 0.545. The Morgan fingerprint density at radius 1 is 1.23 bits per heavy atom. The van der Waals surface area contributed by atoms with Crippen LogP contribution >= 0.6 is 0 Å². The minimum Gasteiger partial charge on any atom is -0.496 e. The van der Waals surface area contributed by atoms with E-state index in [-0.39, 0.29) is 11.5 Å². The lowest BCUT2D eigenvalue weighted by Crippen LogP contribution is -2.38. The Labute approximate surface area is 156 Å². The van der Waals surface area contributed by atoms with Gasteiger partial charge in [-0.3, -0.25) is 0 Å². The highest BCUT2D eigenvalue weighted by Crippen LogP contribution is 2.34. The van der Waals surface area contributed by atoms with Crippen molar-refractivity contribution in [3.63, 3.8) is 0 Å². The maximum atomic E-state index is 5.82. The molecule has 3 rings (SSSR count). The van der Waals surface area contributed by atoms with Crippen molar-refractivity contribution in [3.8, 4) is 5.75 Å². The predicted molar refractivity (Wildman–Crippen MR) is 104 cm³/mol. The van der Waals surface area contributed by atoms with Crippen LogP contribution in [0.3, 0.4) is 0 Å². The first-order valence-corrected chi connectivity index (χ1v) is 9.60. The lowest BCUT2D eigenvalue weighted by molar-refractivity contribution is -0.0717. The highest BCUT2D eigenvalue weighted by molar-refractivity contribution is 5.39. The molecule has 4 heteroatoms. The van der Waals surface area contributed by atoms with Crippen molar-refractivity contribution in [3.05, 3.63) is 54.0 Å². The van der Waals surface area contributed by atoms with Gasteiger partial charge in [-0.2, -0.15) is 0 Å². The number of furan rings is 1. The quantitative estimate of drug-likeness (QED) is 0.701. The summed E-state index contributed by atoms with van der Waals surface area (Å²) in [5.41, 5.74) is 1.19. The van der Waals surface area contributed by atoms with E-state index in [0.717, 1.165) is 50.5 Å². The number of methoxy groups -OCH3 is 1. The predicted octanol–water partition coefficient (Wildman–Crippen LogP) is 4.61. The first kappa shape index (κ1) is 19.0. The Bertz CT molecular complexity index is 666. The second-order valence-corrected chi connectivity index (χ2v) is 7.77. The Hall–Kier alpha value is -1.78. The van der Waals surface area contributed by atoms with E-state index < -0.39 is 0 Å². The van der Waals surface area contributed by atoms with Gasteiger partial charge in [0.15, 0.2) is 0 Å². The maximum Gasteiger partial charge on any atom is 0.122 e. The highest BCUT2D eigenvalue weighted by atomic mass is 16.5. The summed E-state index contributed by atoms with van der Waals surface area (Å²) in [7, 11) is 1.73. The summed E-state index contributed by atoms with van der Waals surface area (Å²) in [6.45, 7) is 7.24. The van der Waals surface area contributed by atoms with Crippen molar-refractivity contribution in [1.29, 1.82) is 0 Å². The van der Waals surface area contributed by atoms with E-state index in [9.17, 15) is 0 Å². The molecule has 1 N–H and O–H groups in total. The van der Waals surface area contributed by atoms with E-state index in [2.05, 4.69) is 37.4 Å². The average Bonchev–Trinajstić information content (AvgIpc) is 3.15. The third kappa shape index (κ3) is 4.89. The van der Waals surface area contributed by atoms with Gasteiger partial charge in [0.1, 0.15) is 11.5 Å². The van der Waals surface area contributed by atoms with Gasteiger partial charge in [0.2, 0.25) is 0 Å². The fourth-order valence-corrected chi connectivity index (χ4v) is 3.98. The highest BCUT2D eigenvalue weighted by Gasteiger charge is 2.28. The maximum absolute atomic E-state index is 5.82. The Balaban J connectivity index is 1.59. The van der Waals surface area contributed by atoms with Crippen LogP contribution in [0.25, 0.3) is 0 Å². The van der Waals surface area contributed by atoms with Crippen molar-refractivity contribution in [2.75, 3.05) is 26.8 Å². The molecule has 2 aromatic rings. The zero-order valence-corrected chi connectivity index (χ0v) is 16.2. The molecule has 1 aliphatic rings. The van der Waals surface area contributed by atoms with E-state index >= 15 is 0 Å². The lowest BCUT2D eigenvalue weighted by Gasteiger charge is -2.35. The standard InChI is InChI=1S/C22H31NO3/c1-22(2)15-17(11-14-26-22)16-23-12-10-19(21-9-6-13-25-21)18-7-4-5-8-20(18)24-3/h4-9,13,17,19,23H,10-12,14-16H2,1-3H3/t17-,19+/m0/s1. The number of benzene rings is 1. The molecular weight excluding hydrogens is 326 g/mol. The average molecular weight is 357 g/mol. The van der Waals surface area contributed by atoms with Crippen LogP contribution in [0.4, 0.5) is 0 Å². The summed E-state index contributed by atoms with van der Waals surface area (Å²) in [5, 5.41) is 3.65. The van der Waals surface area contributed by atoms with Crippen LogP contribution in [0.2, 0.25) is 0 Å².